The molecule has 0 fully saturated rings. The standard InChI is InChI=1S/C13H14BrNO/c1-9(2)13(16)8-15-6-5-10-3-4-11(14)7-12(10)15/h3-7,9H,8H2,1-2H3. The maximum Gasteiger partial charge on any atom is 0.155 e. The van der Waals surface area contributed by atoms with Crippen LogP contribution in [0.25, 0.3) is 10.9 Å². The molecule has 2 nitrogen and oxygen atoms in total. The average molecular weight is 280 g/mol. The van der Waals surface area contributed by atoms with E-state index in [4.69, 9.17) is 0 Å². The highest BCUT2D eigenvalue weighted by molar-refractivity contribution is 9.10. The molecule has 2 aromatic rings. The lowest BCUT2D eigenvalue weighted by molar-refractivity contribution is -0.122. The number of nitrogens with zero attached hydrogens (tertiary/aromatic N) is 1. The van der Waals surface area contributed by atoms with Gasteiger partial charge in [0.25, 0.3) is 0 Å². The fourth-order valence-corrected chi connectivity index (χ4v) is 1.99. The van der Waals surface area contributed by atoms with E-state index in [0.717, 1.165) is 9.99 Å². The Labute approximate surface area is 103 Å². The van der Waals surface area contributed by atoms with Crippen molar-refractivity contribution in [1.82, 2.24) is 4.57 Å². The SMILES string of the molecule is CC(C)C(=O)Cn1ccc2ccc(Br)cc21. The van der Waals surface area contributed by atoms with Crippen LogP contribution in [0.1, 0.15) is 13.8 Å². The van der Waals surface area contributed by atoms with Gasteiger partial charge in [-0.1, -0.05) is 35.8 Å². The summed E-state index contributed by atoms with van der Waals surface area (Å²) in [6.07, 6.45) is 1.97. The van der Waals surface area contributed by atoms with Crippen LogP contribution < -0.4 is 0 Å². The van der Waals surface area contributed by atoms with E-state index in [1.165, 1.54) is 5.39 Å². The van der Waals surface area contributed by atoms with Crippen LogP contribution in [0.2, 0.25) is 0 Å². The zero-order valence-electron chi connectivity index (χ0n) is 9.40. The van der Waals surface area contributed by atoms with Crippen LogP contribution in [0, 0.1) is 5.92 Å². The van der Waals surface area contributed by atoms with Gasteiger partial charge in [-0.25, -0.2) is 0 Å². The molecule has 1 aromatic carbocycles. The largest absolute Gasteiger partial charge is 0.340 e. The summed E-state index contributed by atoms with van der Waals surface area (Å²) in [6, 6.07) is 8.14. The smallest absolute Gasteiger partial charge is 0.155 e. The predicted octanol–water partition coefficient (Wildman–Crippen LogP) is 3.63. The van der Waals surface area contributed by atoms with E-state index >= 15 is 0 Å². The lowest BCUT2D eigenvalue weighted by atomic mass is 10.1. The third-order valence-corrected chi connectivity index (χ3v) is 3.20. The third-order valence-electron chi connectivity index (χ3n) is 2.71. The normalized spacial score (nSPS) is 11.2. The zero-order valence-corrected chi connectivity index (χ0v) is 11.0. The molecule has 0 atom stereocenters. The van der Waals surface area contributed by atoms with Crippen LogP contribution in [0.4, 0.5) is 0 Å². The van der Waals surface area contributed by atoms with Crippen molar-refractivity contribution in [3.63, 3.8) is 0 Å². The number of hydrogen-bond donors (Lipinski definition) is 0. The Kier molecular flexibility index (Phi) is 3.15. The van der Waals surface area contributed by atoms with Crippen LogP contribution in [0.15, 0.2) is 34.9 Å². The maximum absolute atomic E-state index is 11.7. The van der Waals surface area contributed by atoms with E-state index in [1.54, 1.807) is 0 Å². The van der Waals surface area contributed by atoms with E-state index in [0.29, 0.717) is 6.54 Å². The van der Waals surface area contributed by atoms with Gasteiger partial charge in [-0.2, -0.15) is 0 Å². The number of rotatable bonds is 3. The number of hydrogen-bond acceptors (Lipinski definition) is 1. The van der Waals surface area contributed by atoms with Crippen LogP contribution in [0.5, 0.6) is 0 Å². The van der Waals surface area contributed by atoms with Gasteiger partial charge in [0.15, 0.2) is 5.78 Å². The van der Waals surface area contributed by atoms with Crippen molar-refractivity contribution in [3.8, 4) is 0 Å². The minimum Gasteiger partial charge on any atom is -0.340 e. The van der Waals surface area contributed by atoms with Gasteiger partial charge in [0.05, 0.1) is 6.54 Å². The molecular weight excluding hydrogens is 266 g/mol. The van der Waals surface area contributed by atoms with Gasteiger partial charge in [0.1, 0.15) is 0 Å². The number of ketones is 1. The second-order valence-corrected chi connectivity index (χ2v) is 5.18. The first-order valence-corrected chi connectivity index (χ1v) is 6.14. The molecule has 0 amide bonds. The van der Waals surface area contributed by atoms with Gasteiger partial charge >= 0.3 is 0 Å². The molecule has 0 N–H and O–H groups in total. The molecule has 0 bridgehead atoms. The van der Waals surface area contributed by atoms with Crippen molar-refractivity contribution in [2.75, 3.05) is 0 Å². The molecule has 2 rings (SSSR count). The van der Waals surface area contributed by atoms with Gasteiger partial charge in [-0.05, 0) is 23.6 Å². The summed E-state index contributed by atoms with van der Waals surface area (Å²) in [5.74, 6) is 0.349. The lowest BCUT2D eigenvalue weighted by Gasteiger charge is -2.07. The topological polar surface area (TPSA) is 22.0 Å². The number of carbonyl (C=O) groups is 1. The molecule has 3 heteroatoms. The van der Waals surface area contributed by atoms with Crippen molar-refractivity contribution in [1.29, 1.82) is 0 Å². The maximum atomic E-state index is 11.7. The predicted molar refractivity (Wildman–Crippen MR) is 69.5 cm³/mol. The van der Waals surface area contributed by atoms with Crippen molar-refractivity contribution >= 4 is 32.6 Å². The molecule has 0 unspecified atom stereocenters. The number of Topliss-reactive ketones (excluding diaryl/α,β-unsaturated/α-hetero) is 1. The average Bonchev–Trinajstić information content (AvgIpc) is 2.61. The summed E-state index contributed by atoms with van der Waals surface area (Å²) < 4.78 is 3.04. The van der Waals surface area contributed by atoms with E-state index < -0.39 is 0 Å². The minimum absolute atomic E-state index is 0.0876. The molecule has 0 radical (unpaired) electrons. The van der Waals surface area contributed by atoms with Crippen LogP contribution in [-0.2, 0) is 11.3 Å². The summed E-state index contributed by atoms with van der Waals surface area (Å²) in [5.41, 5.74) is 1.10. The van der Waals surface area contributed by atoms with E-state index in [1.807, 2.05) is 42.8 Å². The summed E-state index contributed by atoms with van der Waals surface area (Å²) in [4.78, 5) is 11.7. The number of benzene rings is 1. The lowest BCUT2D eigenvalue weighted by Crippen LogP contribution is -2.14. The van der Waals surface area contributed by atoms with Crippen molar-refractivity contribution in [2.24, 2.45) is 5.92 Å². The highest BCUT2D eigenvalue weighted by Crippen LogP contribution is 2.21. The summed E-state index contributed by atoms with van der Waals surface area (Å²) in [7, 11) is 0. The fraction of sp³-hybridized carbons (Fsp3) is 0.308. The second-order valence-electron chi connectivity index (χ2n) is 4.27. The molecule has 16 heavy (non-hydrogen) atoms. The van der Waals surface area contributed by atoms with Gasteiger partial charge in [-0.3, -0.25) is 4.79 Å². The minimum atomic E-state index is 0.0876. The van der Waals surface area contributed by atoms with Gasteiger partial charge < -0.3 is 4.57 Å². The highest BCUT2D eigenvalue weighted by atomic mass is 79.9. The summed E-state index contributed by atoms with van der Waals surface area (Å²) >= 11 is 3.45. The molecule has 0 spiro atoms. The van der Waals surface area contributed by atoms with Crippen LogP contribution in [0.3, 0.4) is 0 Å². The molecule has 0 aliphatic carbocycles. The van der Waals surface area contributed by atoms with Crippen molar-refractivity contribution in [3.05, 3.63) is 34.9 Å². The van der Waals surface area contributed by atoms with Gasteiger partial charge in [0.2, 0.25) is 0 Å². The Morgan fingerprint density at radius 1 is 1.38 bits per heavy atom. The Morgan fingerprint density at radius 3 is 2.81 bits per heavy atom. The number of fused-ring (bicyclic) bond motifs is 1. The second kappa shape index (κ2) is 4.42. The first-order chi connectivity index (χ1) is 7.58. The molecule has 0 aliphatic rings. The van der Waals surface area contributed by atoms with E-state index in [9.17, 15) is 4.79 Å². The van der Waals surface area contributed by atoms with Crippen LogP contribution in [-0.4, -0.2) is 10.4 Å². The van der Waals surface area contributed by atoms with Crippen molar-refractivity contribution < 1.29 is 4.79 Å². The molecule has 84 valence electrons. The zero-order chi connectivity index (χ0) is 11.7. The van der Waals surface area contributed by atoms with Crippen molar-refractivity contribution in [2.45, 2.75) is 20.4 Å². The molecule has 0 aliphatic heterocycles. The van der Waals surface area contributed by atoms with E-state index in [-0.39, 0.29) is 11.7 Å². The summed E-state index contributed by atoms with van der Waals surface area (Å²) in [5, 5.41) is 1.17. The number of halogens is 1. The number of aromatic nitrogens is 1. The quantitative estimate of drug-likeness (QED) is 0.841. The Morgan fingerprint density at radius 2 is 2.12 bits per heavy atom. The van der Waals surface area contributed by atoms with Crippen LogP contribution >= 0.6 is 15.9 Å². The molecule has 1 heterocycles. The highest BCUT2D eigenvalue weighted by Gasteiger charge is 2.09. The Hall–Kier alpha value is -1.09. The Balaban J connectivity index is 2.38. The first-order valence-electron chi connectivity index (χ1n) is 5.35. The molecule has 1 aromatic heterocycles. The van der Waals surface area contributed by atoms with Gasteiger partial charge in [0, 0.05) is 22.1 Å². The monoisotopic (exact) mass is 279 g/mol. The molecule has 0 saturated heterocycles. The molecular formula is C13H14BrNO. The Bertz CT molecular complexity index is 528. The third kappa shape index (κ3) is 2.19. The summed E-state index contributed by atoms with van der Waals surface area (Å²) in [6.45, 7) is 4.32. The van der Waals surface area contributed by atoms with Gasteiger partial charge in [-0.15, -0.1) is 0 Å². The number of carbonyl (C=O) groups excluding carboxylic acids is 1. The van der Waals surface area contributed by atoms with E-state index in [2.05, 4.69) is 22.0 Å². The first kappa shape index (κ1) is 11.4. The molecule has 0 saturated carbocycles. The fourth-order valence-electron chi connectivity index (χ4n) is 1.65.